The predicted octanol–water partition coefficient (Wildman–Crippen LogP) is 5.99. The minimum absolute atomic E-state index is 0.384. The van der Waals surface area contributed by atoms with Gasteiger partial charge in [-0.3, -0.25) is 0 Å². The summed E-state index contributed by atoms with van der Waals surface area (Å²) in [7, 11) is 0. The molecule has 2 rings (SSSR count). The second-order valence-corrected chi connectivity index (χ2v) is 6.05. The molecule has 2 aromatic rings. The number of benzene rings is 1. The SMILES string of the molecule is Clc1ccc(Cl)c(SCc2ccc(Cl)nc2Cl)c1. The van der Waals surface area contributed by atoms with Gasteiger partial charge in [-0.2, -0.15) is 0 Å². The van der Waals surface area contributed by atoms with E-state index in [0.29, 0.717) is 26.1 Å². The quantitative estimate of drug-likeness (QED) is 0.503. The number of aromatic nitrogens is 1. The van der Waals surface area contributed by atoms with Crippen molar-refractivity contribution < 1.29 is 0 Å². The van der Waals surface area contributed by atoms with Gasteiger partial charge in [-0.1, -0.05) is 52.5 Å². The zero-order valence-electron chi connectivity index (χ0n) is 8.96. The Kier molecular flexibility index (Phi) is 5.05. The number of rotatable bonds is 3. The highest BCUT2D eigenvalue weighted by molar-refractivity contribution is 7.98. The van der Waals surface area contributed by atoms with E-state index in [2.05, 4.69) is 4.98 Å². The molecule has 0 aliphatic heterocycles. The van der Waals surface area contributed by atoms with Crippen molar-refractivity contribution in [3.63, 3.8) is 0 Å². The van der Waals surface area contributed by atoms with Crippen LogP contribution < -0.4 is 0 Å². The van der Waals surface area contributed by atoms with Gasteiger partial charge in [0.25, 0.3) is 0 Å². The van der Waals surface area contributed by atoms with E-state index < -0.39 is 0 Å². The summed E-state index contributed by atoms with van der Waals surface area (Å²) in [4.78, 5) is 4.90. The Balaban J connectivity index is 2.13. The third kappa shape index (κ3) is 3.69. The van der Waals surface area contributed by atoms with Crippen molar-refractivity contribution >= 4 is 58.2 Å². The van der Waals surface area contributed by atoms with E-state index in [-0.39, 0.29) is 0 Å². The van der Waals surface area contributed by atoms with E-state index in [1.165, 1.54) is 0 Å². The first-order valence-corrected chi connectivity index (χ1v) is 7.45. The molecule has 0 spiro atoms. The van der Waals surface area contributed by atoms with Gasteiger partial charge in [-0.25, -0.2) is 4.98 Å². The number of halogens is 4. The van der Waals surface area contributed by atoms with Crippen LogP contribution in [0.15, 0.2) is 35.2 Å². The molecule has 0 radical (unpaired) electrons. The van der Waals surface area contributed by atoms with Gasteiger partial charge in [0, 0.05) is 15.7 Å². The van der Waals surface area contributed by atoms with Crippen LogP contribution in [0.1, 0.15) is 5.56 Å². The molecule has 0 aliphatic rings. The molecule has 0 aliphatic carbocycles. The van der Waals surface area contributed by atoms with E-state index in [9.17, 15) is 0 Å². The molecule has 6 heteroatoms. The molecule has 1 aromatic heterocycles. The molecule has 0 bridgehead atoms. The summed E-state index contributed by atoms with van der Waals surface area (Å²) < 4.78 is 0. The standard InChI is InChI=1S/C12H7Cl4NS/c13-8-2-3-9(14)10(5-8)18-6-7-1-4-11(15)17-12(7)16/h1-5H,6H2. The Labute approximate surface area is 129 Å². The smallest absolute Gasteiger partial charge is 0.134 e. The van der Waals surface area contributed by atoms with Crippen molar-refractivity contribution in [1.29, 1.82) is 0 Å². The predicted molar refractivity (Wildman–Crippen MR) is 80.3 cm³/mol. The van der Waals surface area contributed by atoms with Crippen molar-refractivity contribution in [2.24, 2.45) is 0 Å². The lowest BCUT2D eigenvalue weighted by Crippen LogP contribution is -1.87. The van der Waals surface area contributed by atoms with Crippen LogP contribution in [0.4, 0.5) is 0 Å². The lowest BCUT2D eigenvalue weighted by molar-refractivity contribution is 1.25. The van der Waals surface area contributed by atoms with Crippen LogP contribution in [-0.4, -0.2) is 4.98 Å². The highest BCUT2D eigenvalue weighted by atomic mass is 35.5. The first-order chi connectivity index (χ1) is 8.56. The summed E-state index contributed by atoms with van der Waals surface area (Å²) in [5.41, 5.74) is 0.905. The van der Waals surface area contributed by atoms with Gasteiger partial charge < -0.3 is 0 Å². The normalized spacial score (nSPS) is 10.7. The molecule has 0 fully saturated rings. The van der Waals surface area contributed by atoms with Crippen molar-refractivity contribution in [2.75, 3.05) is 0 Å². The van der Waals surface area contributed by atoms with Crippen LogP contribution in [0.2, 0.25) is 20.4 Å². The lowest BCUT2D eigenvalue weighted by Gasteiger charge is -2.06. The highest BCUT2D eigenvalue weighted by Crippen LogP contribution is 2.33. The average Bonchev–Trinajstić information content (AvgIpc) is 2.32. The van der Waals surface area contributed by atoms with Gasteiger partial charge in [-0.15, -0.1) is 11.8 Å². The monoisotopic (exact) mass is 337 g/mol. The van der Waals surface area contributed by atoms with Crippen LogP contribution in [0, 0.1) is 0 Å². The van der Waals surface area contributed by atoms with Gasteiger partial charge in [0.15, 0.2) is 0 Å². The molecule has 0 N–H and O–H groups in total. The maximum atomic E-state index is 6.08. The van der Waals surface area contributed by atoms with E-state index in [1.54, 1.807) is 30.0 Å². The molecular formula is C12H7Cl4NS. The number of pyridine rings is 1. The summed E-state index contributed by atoms with van der Waals surface area (Å²) in [6.07, 6.45) is 0. The summed E-state index contributed by atoms with van der Waals surface area (Å²) in [6, 6.07) is 8.91. The van der Waals surface area contributed by atoms with Gasteiger partial charge in [0.05, 0.1) is 5.02 Å². The molecule has 0 saturated heterocycles. The van der Waals surface area contributed by atoms with Gasteiger partial charge >= 0.3 is 0 Å². The Morgan fingerprint density at radius 1 is 1.00 bits per heavy atom. The molecule has 1 heterocycles. The molecule has 0 unspecified atom stereocenters. The minimum Gasteiger partial charge on any atom is -0.224 e. The zero-order chi connectivity index (χ0) is 13.1. The number of thioether (sulfide) groups is 1. The second kappa shape index (κ2) is 6.36. The first-order valence-electron chi connectivity index (χ1n) is 4.95. The maximum absolute atomic E-state index is 6.08. The fourth-order valence-electron chi connectivity index (χ4n) is 1.29. The van der Waals surface area contributed by atoms with Gasteiger partial charge in [0.2, 0.25) is 0 Å². The molecule has 18 heavy (non-hydrogen) atoms. The molecule has 1 nitrogen and oxygen atoms in total. The summed E-state index contributed by atoms with van der Waals surface area (Å²) >= 11 is 25.3. The van der Waals surface area contributed by atoms with E-state index in [1.807, 2.05) is 12.1 Å². The van der Waals surface area contributed by atoms with Crippen LogP contribution in [0.25, 0.3) is 0 Å². The summed E-state index contributed by atoms with van der Waals surface area (Å²) in [5, 5.41) is 2.12. The lowest BCUT2D eigenvalue weighted by atomic mass is 10.3. The van der Waals surface area contributed by atoms with Crippen LogP contribution in [0.5, 0.6) is 0 Å². The van der Waals surface area contributed by atoms with Gasteiger partial charge in [-0.05, 0) is 29.8 Å². The fourth-order valence-corrected chi connectivity index (χ4v) is 3.26. The second-order valence-electron chi connectivity index (χ2n) is 3.45. The van der Waals surface area contributed by atoms with Crippen molar-refractivity contribution in [2.45, 2.75) is 10.6 Å². The fraction of sp³-hybridized carbons (Fsp3) is 0.0833. The Hall–Kier alpha value is -0.120. The maximum Gasteiger partial charge on any atom is 0.134 e. The minimum atomic E-state index is 0.384. The highest BCUT2D eigenvalue weighted by Gasteiger charge is 2.06. The Morgan fingerprint density at radius 3 is 2.50 bits per heavy atom. The number of hydrogen-bond donors (Lipinski definition) is 0. The average molecular weight is 339 g/mol. The van der Waals surface area contributed by atoms with E-state index >= 15 is 0 Å². The van der Waals surface area contributed by atoms with Crippen molar-refractivity contribution in [3.8, 4) is 0 Å². The van der Waals surface area contributed by atoms with Gasteiger partial charge in [0.1, 0.15) is 10.3 Å². The molecule has 0 saturated carbocycles. The largest absolute Gasteiger partial charge is 0.224 e. The molecule has 0 atom stereocenters. The Morgan fingerprint density at radius 2 is 1.78 bits per heavy atom. The van der Waals surface area contributed by atoms with E-state index in [4.69, 9.17) is 46.4 Å². The molecule has 94 valence electrons. The first kappa shape index (κ1) is 14.3. The van der Waals surface area contributed by atoms with E-state index in [0.717, 1.165) is 10.5 Å². The summed E-state index contributed by atoms with van der Waals surface area (Å²) in [5.74, 6) is 0.656. The Bertz CT molecular complexity index is 574. The molecule has 0 amide bonds. The van der Waals surface area contributed by atoms with Crippen LogP contribution >= 0.6 is 58.2 Å². The topological polar surface area (TPSA) is 12.9 Å². The zero-order valence-corrected chi connectivity index (χ0v) is 12.8. The van der Waals surface area contributed by atoms with Crippen LogP contribution in [-0.2, 0) is 5.75 Å². The molecular weight excluding hydrogens is 332 g/mol. The number of hydrogen-bond acceptors (Lipinski definition) is 2. The van der Waals surface area contributed by atoms with Crippen molar-refractivity contribution in [1.82, 2.24) is 4.98 Å². The summed E-state index contributed by atoms with van der Waals surface area (Å²) in [6.45, 7) is 0. The van der Waals surface area contributed by atoms with Crippen LogP contribution in [0.3, 0.4) is 0 Å². The van der Waals surface area contributed by atoms with Crippen molar-refractivity contribution in [3.05, 3.63) is 56.2 Å². The number of nitrogens with zero attached hydrogens (tertiary/aromatic N) is 1. The third-order valence-corrected chi connectivity index (χ3v) is 4.49. The third-order valence-electron chi connectivity index (χ3n) is 2.17. The molecule has 1 aromatic carbocycles.